The van der Waals surface area contributed by atoms with E-state index in [9.17, 15) is 9.59 Å². The second kappa shape index (κ2) is 2.32. The molecular formula is C7H7N4O2. The smallest absolute Gasteiger partial charge is 0.279 e. The van der Waals surface area contributed by atoms with Crippen LogP contribution in [0.1, 0.15) is 0 Å². The van der Waals surface area contributed by atoms with Crippen LogP contribution in [0.2, 0.25) is 0 Å². The molecule has 0 saturated carbocycles. The summed E-state index contributed by atoms with van der Waals surface area (Å²) in [5.74, 6) is 0.327. The minimum absolute atomic E-state index is 0.226. The van der Waals surface area contributed by atoms with Crippen molar-refractivity contribution in [3.8, 4) is 0 Å². The Labute approximate surface area is 73.1 Å². The molecule has 2 heterocycles. The second-order valence-corrected chi connectivity index (χ2v) is 2.75. The summed E-state index contributed by atoms with van der Waals surface area (Å²) in [7, 11) is 2.97. The van der Waals surface area contributed by atoms with Gasteiger partial charge in [-0.05, 0) is 0 Å². The molecule has 6 nitrogen and oxygen atoms in total. The third kappa shape index (κ3) is 0.851. The Balaban J connectivity index is 2.99. The van der Waals surface area contributed by atoms with E-state index in [-0.39, 0.29) is 5.69 Å². The van der Waals surface area contributed by atoms with Crippen LogP contribution in [0.15, 0.2) is 14.6 Å². The molecule has 2 rings (SSSR count). The van der Waals surface area contributed by atoms with Gasteiger partial charge in [-0.2, -0.15) is 0 Å². The Bertz CT molecular complexity index is 508. The quantitative estimate of drug-likeness (QED) is 0.512. The monoisotopic (exact) mass is 179 g/mol. The van der Waals surface area contributed by atoms with Gasteiger partial charge in [0.05, 0.1) is 0 Å². The zero-order chi connectivity index (χ0) is 9.59. The van der Waals surface area contributed by atoms with E-state index in [4.69, 9.17) is 0 Å². The van der Waals surface area contributed by atoms with Gasteiger partial charge in [0.2, 0.25) is 0 Å². The molecule has 0 aliphatic carbocycles. The first-order valence-electron chi connectivity index (χ1n) is 3.66. The average molecular weight is 179 g/mol. The van der Waals surface area contributed by atoms with E-state index in [1.165, 1.54) is 18.0 Å². The highest BCUT2D eigenvalue weighted by Gasteiger charge is 2.18. The lowest BCUT2D eigenvalue weighted by atomic mass is 10.4. The summed E-state index contributed by atoms with van der Waals surface area (Å²) in [4.78, 5) is 26.5. The van der Waals surface area contributed by atoms with Crippen LogP contribution in [0.5, 0.6) is 0 Å². The normalized spacial score (nSPS) is 12.8. The molecule has 1 aliphatic heterocycles. The highest BCUT2D eigenvalue weighted by atomic mass is 16.2. The molecular weight excluding hydrogens is 172 g/mol. The number of aromatic nitrogens is 2. The number of nitrogens with zero attached hydrogens (tertiary/aromatic N) is 4. The fraction of sp³-hybridized carbons (Fsp3) is 0.286. The first-order valence-corrected chi connectivity index (χ1v) is 3.66. The summed E-state index contributed by atoms with van der Waals surface area (Å²) in [6, 6.07) is 0. The van der Waals surface area contributed by atoms with Crippen LogP contribution in [-0.4, -0.2) is 15.5 Å². The fourth-order valence-electron chi connectivity index (χ4n) is 1.22. The van der Waals surface area contributed by atoms with E-state index in [0.29, 0.717) is 5.82 Å². The summed E-state index contributed by atoms with van der Waals surface area (Å²) < 4.78 is 2.31. The summed E-state index contributed by atoms with van der Waals surface area (Å²) >= 11 is 0. The number of hydrogen-bond donors (Lipinski definition) is 0. The molecule has 0 aromatic carbocycles. The van der Waals surface area contributed by atoms with Crippen molar-refractivity contribution in [1.82, 2.24) is 14.5 Å². The Morgan fingerprint density at radius 2 is 1.92 bits per heavy atom. The van der Waals surface area contributed by atoms with Gasteiger partial charge in [0, 0.05) is 14.1 Å². The lowest BCUT2D eigenvalue weighted by Gasteiger charge is -2.05. The van der Waals surface area contributed by atoms with Gasteiger partial charge in [0.15, 0.2) is 11.5 Å². The Morgan fingerprint density at radius 3 is 2.62 bits per heavy atom. The van der Waals surface area contributed by atoms with E-state index < -0.39 is 11.2 Å². The van der Waals surface area contributed by atoms with Gasteiger partial charge in [0.1, 0.15) is 6.34 Å². The molecule has 0 N–H and O–H groups in total. The van der Waals surface area contributed by atoms with Gasteiger partial charge in [0.25, 0.3) is 5.56 Å². The number of rotatable bonds is 0. The van der Waals surface area contributed by atoms with Crippen molar-refractivity contribution >= 4 is 17.8 Å². The molecule has 0 saturated heterocycles. The van der Waals surface area contributed by atoms with Crippen molar-refractivity contribution in [3.63, 3.8) is 0 Å². The lowest BCUT2D eigenvalue weighted by Crippen LogP contribution is -2.36. The van der Waals surface area contributed by atoms with Gasteiger partial charge in [-0.3, -0.25) is 13.9 Å². The minimum atomic E-state index is -0.407. The molecule has 0 bridgehead atoms. The molecule has 0 fully saturated rings. The molecule has 67 valence electrons. The molecule has 1 aliphatic rings. The zero-order valence-electron chi connectivity index (χ0n) is 7.18. The van der Waals surface area contributed by atoms with Crippen LogP contribution in [0.4, 0.5) is 11.5 Å². The Morgan fingerprint density at radius 1 is 1.23 bits per heavy atom. The summed E-state index contributed by atoms with van der Waals surface area (Å²) in [6.45, 7) is 0. The van der Waals surface area contributed by atoms with E-state index in [1.807, 2.05) is 0 Å². The molecule has 1 radical (unpaired) electrons. The number of hydrogen-bond acceptors (Lipinski definition) is 3. The summed E-state index contributed by atoms with van der Waals surface area (Å²) in [5.41, 5.74) is -0.571. The van der Waals surface area contributed by atoms with Gasteiger partial charge < -0.3 is 0 Å². The topological polar surface area (TPSA) is 70.5 Å². The first kappa shape index (κ1) is 7.78. The third-order valence-electron chi connectivity index (χ3n) is 1.98. The van der Waals surface area contributed by atoms with E-state index in [1.54, 1.807) is 7.05 Å². The highest BCUT2D eigenvalue weighted by Crippen LogP contribution is 2.20. The van der Waals surface area contributed by atoms with Crippen molar-refractivity contribution in [2.75, 3.05) is 0 Å². The number of fused-ring (bicyclic) bond motifs is 1. The molecule has 6 heteroatoms. The zero-order valence-corrected chi connectivity index (χ0v) is 7.18. The van der Waals surface area contributed by atoms with E-state index >= 15 is 0 Å². The molecule has 0 spiro atoms. The largest absolute Gasteiger partial charge is 0.332 e. The van der Waals surface area contributed by atoms with Crippen LogP contribution in [0.3, 0.4) is 0 Å². The van der Waals surface area contributed by atoms with Gasteiger partial charge >= 0.3 is 5.69 Å². The van der Waals surface area contributed by atoms with E-state index in [0.717, 1.165) is 4.57 Å². The van der Waals surface area contributed by atoms with Crippen molar-refractivity contribution in [2.24, 2.45) is 19.1 Å². The molecule has 0 amide bonds. The summed E-state index contributed by atoms with van der Waals surface area (Å²) in [6.07, 6.45) is 1.27. The second-order valence-electron chi connectivity index (χ2n) is 2.75. The molecule has 0 unspecified atom stereocenters. The maximum atomic E-state index is 11.4. The molecule has 1 aromatic heterocycles. The molecule has 13 heavy (non-hydrogen) atoms. The van der Waals surface area contributed by atoms with Crippen molar-refractivity contribution in [1.29, 1.82) is 0 Å². The predicted octanol–water partition coefficient (Wildman–Crippen LogP) is -1.01. The van der Waals surface area contributed by atoms with Crippen molar-refractivity contribution in [3.05, 3.63) is 20.8 Å². The Hall–Kier alpha value is -1.85. The van der Waals surface area contributed by atoms with Gasteiger partial charge in [-0.1, -0.05) is 0 Å². The lowest BCUT2D eigenvalue weighted by molar-refractivity contribution is 0.687. The predicted molar refractivity (Wildman–Crippen MR) is 46.9 cm³/mol. The third-order valence-corrected chi connectivity index (χ3v) is 1.98. The van der Waals surface area contributed by atoms with Crippen molar-refractivity contribution < 1.29 is 0 Å². The van der Waals surface area contributed by atoms with E-state index in [2.05, 4.69) is 10.3 Å². The average Bonchev–Trinajstić information content (AvgIpc) is 2.59. The van der Waals surface area contributed by atoms with Crippen molar-refractivity contribution in [2.45, 2.75) is 0 Å². The standard InChI is InChI=1S/C7H7N4O2/c1-10-5-4(8-3-9-5)6(12)11(2)7(10)13/h3H,1-2H3. The highest BCUT2D eigenvalue weighted by molar-refractivity contribution is 5.78. The Kier molecular flexibility index (Phi) is 1.39. The number of aliphatic imine (C=N–C) groups is 1. The maximum Gasteiger partial charge on any atom is 0.332 e. The molecule has 0 atom stereocenters. The van der Waals surface area contributed by atoms with Crippen LogP contribution in [0.25, 0.3) is 0 Å². The van der Waals surface area contributed by atoms with Gasteiger partial charge in [-0.15, -0.1) is 0 Å². The van der Waals surface area contributed by atoms with Gasteiger partial charge in [-0.25, -0.2) is 15.1 Å². The maximum absolute atomic E-state index is 11.4. The summed E-state index contributed by atoms with van der Waals surface area (Å²) in [5, 5.41) is 3.82. The molecule has 1 aromatic rings. The van der Waals surface area contributed by atoms with Crippen LogP contribution in [-0.2, 0) is 14.1 Å². The fourth-order valence-corrected chi connectivity index (χ4v) is 1.22. The van der Waals surface area contributed by atoms with Crippen LogP contribution < -0.4 is 16.6 Å². The van der Waals surface area contributed by atoms with Crippen LogP contribution in [0, 0.1) is 0 Å². The first-order chi connectivity index (χ1) is 6.13. The minimum Gasteiger partial charge on any atom is -0.279 e. The SMILES string of the molecule is Cn1c2c(c(=O)n(C)c1=O)N=C[N]2. The van der Waals surface area contributed by atoms with Crippen LogP contribution >= 0.6 is 0 Å².